The van der Waals surface area contributed by atoms with Crippen LogP contribution < -0.4 is 0 Å². The number of nitrogens with one attached hydrogen (secondary N) is 1. The van der Waals surface area contributed by atoms with Crippen LogP contribution in [0.15, 0.2) is 11.2 Å². The number of nitrogens with zero attached hydrogens (tertiary/aromatic N) is 3. The molecule has 0 bridgehead atoms. The summed E-state index contributed by atoms with van der Waals surface area (Å²) in [6.45, 7) is 3.24. The maximum absolute atomic E-state index is 8.34. The minimum absolute atomic E-state index is 0.421. The van der Waals surface area contributed by atoms with Crippen LogP contribution in [-0.2, 0) is 0 Å². The SMILES string of the molecule is C=Nc1[nH]ncc1C#N. The molecule has 1 aromatic rings. The number of aromatic amines is 1. The maximum atomic E-state index is 8.34. The Morgan fingerprint density at radius 1 is 1.89 bits per heavy atom. The molecule has 0 aliphatic heterocycles. The van der Waals surface area contributed by atoms with Gasteiger partial charge in [0, 0.05) is 0 Å². The molecular formula is C5H4N4. The molecule has 1 N–H and O–H groups in total. The minimum atomic E-state index is 0.421. The van der Waals surface area contributed by atoms with Gasteiger partial charge in [-0.25, -0.2) is 4.99 Å². The van der Waals surface area contributed by atoms with Gasteiger partial charge in [0.1, 0.15) is 11.6 Å². The van der Waals surface area contributed by atoms with Crippen LogP contribution in [0.25, 0.3) is 0 Å². The largest absolute Gasteiger partial charge is 0.260 e. The quantitative estimate of drug-likeness (QED) is 0.552. The molecule has 0 aliphatic carbocycles. The van der Waals surface area contributed by atoms with Gasteiger partial charge in [-0.2, -0.15) is 10.4 Å². The fraction of sp³-hybridized carbons (Fsp3) is 0. The third kappa shape index (κ3) is 0.795. The molecule has 0 atom stereocenters. The Morgan fingerprint density at radius 3 is 3.11 bits per heavy atom. The Morgan fingerprint density at radius 2 is 2.67 bits per heavy atom. The first kappa shape index (κ1) is 5.51. The molecule has 0 radical (unpaired) electrons. The summed E-state index contributed by atoms with van der Waals surface area (Å²) >= 11 is 0. The van der Waals surface area contributed by atoms with Crippen LogP contribution in [0.3, 0.4) is 0 Å². The van der Waals surface area contributed by atoms with Gasteiger partial charge >= 0.3 is 0 Å². The van der Waals surface area contributed by atoms with E-state index >= 15 is 0 Å². The lowest BCUT2D eigenvalue weighted by Gasteiger charge is -1.79. The second-order valence-corrected chi connectivity index (χ2v) is 1.40. The molecule has 0 aromatic carbocycles. The highest BCUT2D eigenvalue weighted by molar-refractivity contribution is 5.50. The van der Waals surface area contributed by atoms with Crippen molar-refractivity contribution in [3.63, 3.8) is 0 Å². The summed E-state index contributed by atoms with van der Waals surface area (Å²) in [5, 5.41) is 14.4. The first-order valence-corrected chi connectivity index (χ1v) is 2.28. The summed E-state index contributed by atoms with van der Waals surface area (Å²) in [5.41, 5.74) is 0.421. The van der Waals surface area contributed by atoms with E-state index in [1.807, 2.05) is 6.07 Å². The van der Waals surface area contributed by atoms with Gasteiger partial charge in [0.15, 0.2) is 5.82 Å². The summed E-state index contributed by atoms with van der Waals surface area (Å²) in [6.07, 6.45) is 1.41. The Labute approximate surface area is 51.8 Å². The molecule has 0 aliphatic rings. The van der Waals surface area contributed by atoms with E-state index in [4.69, 9.17) is 5.26 Å². The molecule has 1 heterocycles. The van der Waals surface area contributed by atoms with Gasteiger partial charge < -0.3 is 0 Å². The number of aliphatic imine (C=N–C) groups is 1. The highest BCUT2D eigenvalue weighted by Crippen LogP contribution is 2.10. The molecule has 0 saturated heterocycles. The first-order valence-electron chi connectivity index (χ1n) is 2.28. The van der Waals surface area contributed by atoms with Crippen LogP contribution in [0, 0.1) is 11.3 Å². The van der Waals surface area contributed by atoms with E-state index in [0.29, 0.717) is 11.4 Å². The fourth-order valence-electron chi connectivity index (χ4n) is 0.482. The summed E-state index contributed by atoms with van der Waals surface area (Å²) in [6, 6.07) is 1.90. The highest BCUT2D eigenvalue weighted by atomic mass is 15.2. The van der Waals surface area contributed by atoms with E-state index in [1.54, 1.807) is 0 Å². The highest BCUT2D eigenvalue weighted by Gasteiger charge is 1.97. The van der Waals surface area contributed by atoms with E-state index in [9.17, 15) is 0 Å². The molecule has 44 valence electrons. The molecule has 1 aromatic heterocycles. The average molecular weight is 120 g/mol. The van der Waals surface area contributed by atoms with E-state index in [1.165, 1.54) is 6.20 Å². The lowest BCUT2D eigenvalue weighted by atomic mass is 10.4. The normalized spacial score (nSPS) is 8.33. The summed E-state index contributed by atoms with van der Waals surface area (Å²) in [5.74, 6) is 0.428. The van der Waals surface area contributed by atoms with Crippen molar-refractivity contribution < 1.29 is 0 Å². The van der Waals surface area contributed by atoms with Crippen molar-refractivity contribution in [2.45, 2.75) is 0 Å². The third-order valence-corrected chi connectivity index (χ3v) is 0.898. The number of nitriles is 1. The summed E-state index contributed by atoms with van der Waals surface area (Å²) in [7, 11) is 0. The number of aromatic nitrogens is 2. The molecule has 4 heteroatoms. The minimum Gasteiger partial charge on any atom is -0.260 e. The lowest BCUT2D eigenvalue weighted by molar-refractivity contribution is 1.08. The van der Waals surface area contributed by atoms with Crippen molar-refractivity contribution in [3.05, 3.63) is 11.8 Å². The number of H-pyrrole nitrogens is 1. The van der Waals surface area contributed by atoms with Crippen LogP contribution in [-0.4, -0.2) is 16.9 Å². The Balaban J connectivity index is 3.17. The molecular weight excluding hydrogens is 116 g/mol. The van der Waals surface area contributed by atoms with Crippen LogP contribution >= 0.6 is 0 Å². The van der Waals surface area contributed by atoms with E-state index in [-0.39, 0.29) is 0 Å². The smallest absolute Gasteiger partial charge is 0.165 e. The van der Waals surface area contributed by atoms with Gasteiger partial charge in [0.2, 0.25) is 0 Å². The van der Waals surface area contributed by atoms with Crippen LogP contribution in [0.5, 0.6) is 0 Å². The lowest BCUT2D eigenvalue weighted by Crippen LogP contribution is -1.65. The number of hydrogen-bond acceptors (Lipinski definition) is 3. The molecule has 1 rings (SSSR count). The zero-order valence-electron chi connectivity index (χ0n) is 4.63. The average Bonchev–Trinajstić information content (AvgIpc) is 2.33. The van der Waals surface area contributed by atoms with Crippen molar-refractivity contribution in [3.8, 4) is 6.07 Å². The van der Waals surface area contributed by atoms with Gasteiger partial charge in [0.05, 0.1) is 6.20 Å². The van der Waals surface area contributed by atoms with Gasteiger partial charge in [-0.05, 0) is 6.72 Å². The number of hydrogen-bond donors (Lipinski definition) is 1. The Kier molecular flexibility index (Phi) is 1.28. The van der Waals surface area contributed by atoms with Gasteiger partial charge in [-0.15, -0.1) is 0 Å². The second-order valence-electron chi connectivity index (χ2n) is 1.40. The van der Waals surface area contributed by atoms with Crippen molar-refractivity contribution in [1.29, 1.82) is 5.26 Å². The summed E-state index contributed by atoms with van der Waals surface area (Å²) < 4.78 is 0. The predicted molar refractivity (Wildman–Crippen MR) is 32.5 cm³/mol. The van der Waals surface area contributed by atoms with Crippen LogP contribution in [0.4, 0.5) is 5.82 Å². The van der Waals surface area contributed by atoms with E-state index in [2.05, 4.69) is 21.9 Å². The zero-order valence-corrected chi connectivity index (χ0v) is 4.63. The molecule has 0 amide bonds. The van der Waals surface area contributed by atoms with Gasteiger partial charge in [-0.1, -0.05) is 0 Å². The first-order chi connectivity index (χ1) is 4.38. The number of rotatable bonds is 1. The molecule has 9 heavy (non-hydrogen) atoms. The Bertz CT molecular complexity index is 254. The molecule has 0 saturated carbocycles. The molecule has 0 fully saturated rings. The standard InChI is InChI=1S/C5H4N4/c1-7-5-4(2-6)3-8-9-5/h3H,1H2,(H,8,9). The fourth-order valence-corrected chi connectivity index (χ4v) is 0.482. The van der Waals surface area contributed by atoms with Crippen molar-refractivity contribution in [2.24, 2.45) is 4.99 Å². The van der Waals surface area contributed by atoms with Crippen LogP contribution in [0.1, 0.15) is 5.56 Å². The van der Waals surface area contributed by atoms with E-state index < -0.39 is 0 Å². The van der Waals surface area contributed by atoms with Gasteiger partial charge in [-0.3, -0.25) is 5.10 Å². The zero-order chi connectivity index (χ0) is 6.69. The molecule has 0 unspecified atom stereocenters. The van der Waals surface area contributed by atoms with Crippen molar-refractivity contribution in [2.75, 3.05) is 0 Å². The third-order valence-electron chi connectivity index (χ3n) is 0.898. The monoisotopic (exact) mass is 120 g/mol. The van der Waals surface area contributed by atoms with Crippen molar-refractivity contribution in [1.82, 2.24) is 10.2 Å². The molecule has 0 spiro atoms. The predicted octanol–water partition coefficient (Wildman–Crippen LogP) is 0.613. The van der Waals surface area contributed by atoms with Gasteiger partial charge in [0.25, 0.3) is 0 Å². The second kappa shape index (κ2) is 2.09. The topological polar surface area (TPSA) is 64.8 Å². The molecule has 4 nitrogen and oxygen atoms in total. The van der Waals surface area contributed by atoms with Crippen molar-refractivity contribution >= 4 is 12.5 Å². The van der Waals surface area contributed by atoms with Crippen LogP contribution in [0.2, 0.25) is 0 Å². The maximum Gasteiger partial charge on any atom is 0.165 e. The summed E-state index contributed by atoms with van der Waals surface area (Å²) in [4.78, 5) is 3.51. The van der Waals surface area contributed by atoms with E-state index in [0.717, 1.165) is 0 Å². The Hall–Kier alpha value is -1.63.